The third-order valence-corrected chi connectivity index (χ3v) is 3.67. The maximum Gasteiger partial charge on any atom is 0.409 e. The second kappa shape index (κ2) is 4.99. The van der Waals surface area contributed by atoms with E-state index in [0.29, 0.717) is 18.6 Å². The van der Waals surface area contributed by atoms with Gasteiger partial charge in [-0.05, 0) is 32.1 Å². The van der Waals surface area contributed by atoms with Crippen LogP contribution < -0.4 is 5.32 Å². The van der Waals surface area contributed by atoms with Gasteiger partial charge in [-0.3, -0.25) is 0 Å². The van der Waals surface area contributed by atoms with E-state index in [1.54, 1.807) is 0 Å². The summed E-state index contributed by atoms with van der Waals surface area (Å²) in [6, 6.07) is 0.465. The molecule has 90 valence electrons. The summed E-state index contributed by atoms with van der Waals surface area (Å²) in [5.74, 6) is 0.532. The van der Waals surface area contributed by atoms with Crippen LogP contribution in [0.1, 0.15) is 26.2 Å². The molecule has 2 saturated heterocycles. The molecule has 2 aliphatic heterocycles. The number of carbonyl (C=O) groups is 1. The van der Waals surface area contributed by atoms with Crippen molar-refractivity contribution in [2.45, 2.75) is 32.2 Å². The van der Waals surface area contributed by atoms with Crippen LogP contribution in [-0.2, 0) is 4.74 Å². The van der Waals surface area contributed by atoms with Crippen molar-refractivity contribution in [1.29, 1.82) is 0 Å². The highest BCUT2D eigenvalue weighted by molar-refractivity contribution is 7.80. The minimum absolute atomic E-state index is 0.172. The van der Waals surface area contributed by atoms with Crippen LogP contribution in [-0.4, -0.2) is 41.7 Å². The zero-order chi connectivity index (χ0) is 11.5. The molecule has 0 saturated carbocycles. The van der Waals surface area contributed by atoms with Crippen molar-refractivity contribution >= 4 is 23.3 Å². The number of hydrogen-bond acceptors (Lipinski definition) is 3. The number of thiocarbonyl (C=S) groups is 1. The van der Waals surface area contributed by atoms with Crippen LogP contribution in [0.25, 0.3) is 0 Å². The Balaban J connectivity index is 1.90. The van der Waals surface area contributed by atoms with Gasteiger partial charge in [0.25, 0.3) is 0 Å². The molecule has 2 rings (SSSR count). The summed E-state index contributed by atoms with van der Waals surface area (Å²) >= 11 is 5.18. The average molecular weight is 242 g/mol. The Morgan fingerprint density at radius 3 is 3.19 bits per heavy atom. The molecule has 0 bridgehead atoms. The molecule has 1 amide bonds. The Hall–Kier alpha value is -0.840. The van der Waals surface area contributed by atoms with E-state index in [0.717, 1.165) is 37.3 Å². The molecule has 5 heteroatoms. The summed E-state index contributed by atoms with van der Waals surface area (Å²) in [7, 11) is 0. The van der Waals surface area contributed by atoms with Gasteiger partial charge >= 0.3 is 6.09 Å². The monoisotopic (exact) mass is 242 g/mol. The highest BCUT2D eigenvalue weighted by atomic mass is 32.1. The predicted octanol–water partition coefficient (Wildman–Crippen LogP) is 1.54. The minimum atomic E-state index is -0.172. The maximum absolute atomic E-state index is 11.6. The molecule has 0 spiro atoms. The van der Waals surface area contributed by atoms with Gasteiger partial charge in [-0.2, -0.15) is 0 Å². The molecule has 0 aliphatic carbocycles. The largest absolute Gasteiger partial charge is 0.450 e. The smallest absolute Gasteiger partial charge is 0.409 e. The number of rotatable bonds is 1. The molecule has 16 heavy (non-hydrogen) atoms. The van der Waals surface area contributed by atoms with Gasteiger partial charge in [0.05, 0.1) is 11.6 Å². The SMILES string of the molecule is CCOC(=O)N1CC[C@H]2NC(=S)CC[C@H]2C1. The summed E-state index contributed by atoms with van der Waals surface area (Å²) in [6.07, 6.45) is 2.84. The number of piperidine rings is 2. The van der Waals surface area contributed by atoms with E-state index in [1.807, 2.05) is 11.8 Å². The van der Waals surface area contributed by atoms with Gasteiger partial charge in [-0.15, -0.1) is 0 Å². The van der Waals surface area contributed by atoms with Crippen molar-refractivity contribution in [2.24, 2.45) is 5.92 Å². The van der Waals surface area contributed by atoms with Gasteiger partial charge in [0, 0.05) is 19.1 Å². The minimum Gasteiger partial charge on any atom is -0.450 e. The Morgan fingerprint density at radius 1 is 1.62 bits per heavy atom. The first kappa shape index (κ1) is 11.6. The molecule has 0 aromatic rings. The van der Waals surface area contributed by atoms with Crippen molar-refractivity contribution in [3.8, 4) is 0 Å². The van der Waals surface area contributed by atoms with Crippen LogP contribution in [0.15, 0.2) is 0 Å². The van der Waals surface area contributed by atoms with Gasteiger partial charge in [0.2, 0.25) is 0 Å². The number of carbonyl (C=O) groups excluding carboxylic acids is 1. The number of amides is 1. The molecule has 0 aromatic carbocycles. The topological polar surface area (TPSA) is 41.6 Å². The summed E-state index contributed by atoms with van der Waals surface area (Å²) in [4.78, 5) is 14.4. The molecular weight excluding hydrogens is 224 g/mol. The number of fused-ring (bicyclic) bond motifs is 1. The van der Waals surface area contributed by atoms with Crippen molar-refractivity contribution < 1.29 is 9.53 Å². The van der Waals surface area contributed by atoms with Gasteiger partial charge in [0.15, 0.2) is 0 Å². The lowest BCUT2D eigenvalue weighted by Gasteiger charge is -2.41. The molecule has 2 atom stereocenters. The van der Waals surface area contributed by atoms with E-state index in [2.05, 4.69) is 5.32 Å². The Bertz CT molecular complexity index is 296. The quantitative estimate of drug-likeness (QED) is 0.708. The van der Waals surface area contributed by atoms with Crippen molar-refractivity contribution in [1.82, 2.24) is 10.2 Å². The highest BCUT2D eigenvalue weighted by Crippen LogP contribution is 2.25. The maximum atomic E-state index is 11.6. The van der Waals surface area contributed by atoms with E-state index < -0.39 is 0 Å². The third kappa shape index (κ3) is 2.45. The summed E-state index contributed by atoms with van der Waals surface area (Å²) in [5, 5.41) is 3.36. The molecule has 0 unspecified atom stereocenters. The predicted molar refractivity (Wildman–Crippen MR) is 65.5 cm³/mol. The van der Waals surface area contributed by atoms with E-state index in [9.17, 15) is 4.79 Å². The lowest BCUT2D eigenvalue weighted by atomic mass is 9.85. The zero-order valence-corrected chi connectivity index (χ0v) is 10.4. The molecule has 0 aromatic heterocycles. The molecule has 1 N–H and O–H groups in total. The second-order valence-corrected chi connectivity index (χ2v) is 4.90. The number of hydrogen-bond donors (Lipinski definition) is 1. The Labute approximate surface area is 101 Å². The average Bonchev–Trinajstić information content (AvgIpc) is 2.28. The molecule has 0 radical (unpaired) electrons. The summed E-state index contributed by atoms with van der Waals surface area (Å²) < 4.78 is 5.02. The fourth-order valence-corrected chi connectivity index (χ4v) is 2.76. The Morgan fingerprint density at radius 2 is 2.44 bits per heavy atom. The molecule has 2 fully saturated rings. The number of ether oxygens (including phenoxy) is 1. The lowest BCUT2D eigenvalue weighted by molar-refractivity contribution is 0.0782. The number of nitrogens with zero attached hydrogens (tertiary/aromatic N) is 1. The zero-order valence-electron chi connectivity index (χ0n) is 9.57. The van der Waals surface area contributed by atoms with E-state index in [-0.39, 0.29) is 6.09 Å². The van der Waals surface area contributed by atoms with Crippen LogP contribution in [0.4, 0.5) is 4.79 Å². The third-order valence-electron chi connectivity index (χ3n) is 3.35. The van der Waals surface area contributed by atoms with Crippen LogP contribution in [0, 0.1) is 5.92 Å². The fourth-order valence-electron chi connectivity index (χ4n) is 2.49. The first-order valence-corrected chi connectivity index (χ1v) is 6.32. The standard InChI is InChI=1S/C11H18N2O2S/c1-2-15-11(14)13-6-5-9-8(7-13)3-4-10(16)12-9/h8-9H,2-7H2,1H3,(H,12,16)/t8-,9+/m0/s1. The summed E-state index contributed by atoms with van der Waals surface area (Å²) in [6.45, 7) is 3.87. The van der Waals surface area contributed by atoms with Crippen molar-refractivity contribution in [3.05, 3.63) is 0 Å². The van der Waals surface area contributed by atoms with Crippen molar-refractivity contribution in [2.75, 3.05) is 19.7 Å². The lowest BCUT2D eigenvalue weighted by Crippen LogP contribution is -2.54. The number of likely N-dealkylation sites (tertiary alicyclic amines) is 1. The molecular formula is C11H18N2O2S. The van der Waals surface area contributed by atoms with Crippen LogP contribution >= 0.6 is 12.2 Å². The van der Waals surface area contributed by atoms with Crippen LogP contribution in [0.5, 0.6) is 0 Å². The van der Waals surface area contributed by atoms with Gasteiger partial charge in [0.1, 0.15) is 0 Å². The second-order valence-electron chi connectivity index (χ2n) is 4.41. The van der Waals surface area contributed by atoms with Crippen molar-refractivity contribution in [3.63, 3.8) is 0 Å². The van der Waals surface area contributed by atoms with Crippen LogP contribution in [0.2, 0.25) is 0 Å². The van der Waals surface area contributed by atoms with Crippen LogP contribution in [0.3, 0.4) is 0 Å². The number of nitrogens with one attached hydrogen (secondary N) is 1. The van der Waals surface area contributed by atoms with E-state index in [4.69, 9.17) is 17.0 Å². The summed E-state index contributed by atoms with van der Waals surface area (Å²) in [5.41, 5.74) is 0. The van der Waals surface area contributed by atoms with E-state index >= 15 is 0 Å². The van der Waals surface area contributed by atoms with Gasteiger partial charge in [-0.1, -0.05) is 12.2 Å². The normalized spacial score (nSPS) is 29.3. The van der Waals surface area contributed by atoms with E-state index in [1.165, 1.54) is 0 Å². The molecule has 2 aliphatic rings. The highest BCUT2D eigenvalue weighted by Gasteiger charge is 2.34. The molecule has 2 heterocycles. The van der Waals surface area contributed by atoms with Gasteiger partial charge in [-0.25, -0.2) is 4.79 Å². The fraction of sp³-hybridized carbons (Fsp3) is 0.818. The first-order chi connectivity index (χ1) is 7.70. The molecule has 4 nitrogen and oxygen atoms in total. The van der Waals surface area contributed by atoms with Gasteiger partial charge < -0.3 is 15.0 Å². The Kier molecular flexibility index (Phi) is 3.63. The first-order valence-electron chi connectivity index (χ1n) is 5.91.